The van der Waals surface area contributed by atoms with E-state index in [1.54, 1.807) is 0 Å². The maximum absolute atomic E-state index is 12.3. The number of carbonyl (C=O) groups excluding carboxylic acids is 1. The van der Waals surface area contributed by atoms with E-state index in [2.05, 4.69) is 24.1 Å². The predicted molar refractivity (Wildman–Crippen MR) is 73.5 cm³/mol. The summed E-state index contributed by atoms with van der Waals surface area (Å²) in [6.45, 7) is 10.0. The minimum absolute atomic E-state index is 0.319. The number of amides is 1. The van der Waals surface area contributed by atoms with Gasteiger partial charge in [0.1, 0.15) is 0 Å². The zero-order valence-electron chi connectivity index (χ0n) is 11.8. The largest absolute Gasteiger partial charge is 0.340 e. The summed E-state index contributed by atoms with van der Waals surface area (Å²) in [7, 11) is 0. The number of piperidine rings is 1. The van der Waals surface area contributed by atoms with Crippen molar-refractivity contribution in [2.75, 3.05) is 39.3 Å². The van der Waals surface area contributed by atoms with Crippen molar-refractivity contribution >= 4 is 5.91 Å². The van der Waals surface area contributed by atoms with E-state index in [0.717, 1.165) is 45.1 Å². The Kier molecular flexibility index (Phi) is 5.01. The number of rotatable bonds is 2. The van der Waals surface area contributed by atoms with E-state index >= 15 is 0 Å². The van der Waals surface area contributed by atoms with E-state index < -0.39 is 0 Å². The molecule has 0 radical (unpaired) electrons. The van der Waals surface area contributed by atoms with Crippen LogP contribution in [0.1, 0.15) is 33.1 Å². The highest BCUT2D eigenvalue weighted by Gasteiger charge is 2.26. The summed E-state index contributed by atoms with van der Waals surface area (Å²) in [6, 6.07) is 0.565. The molecular weight excluding hydrogens is 226 g/mol. The van der Waals surface area contributed by atoms with Gasteiger partial charge in [-0.05, 0) is 38.6 Å². The van der Waals surface area contributed by atoms with E-state index in [1.807, 2.05) is 4.90 Å². The van der Waals surface area contributed by atoms with Gasteiger partial charge >= 0.3 is 0 Å². The Balaban J connectivity index is 1.85. The Labute approximate surface area is 111 Å². The molecule has 1 amide bonds. The molecule has 4 nitrogen and oxygen atoms in total. The Morgan fingerprint density at radius 3 is 2.89 bits per heavy atom. The number of likely N-dealkylation sites (tertiary alicyclic amines) is 1. The van der Waals surface area contributed by atoms with Gasteiger partial charge in [0, 0.05) is 32.2 Å². The SMILES string of the molecule is CC1CCC(C)N(CC(=O)N2CCCNCC2)C1. The van der Waals surface area contributed by atoms with Crippen molar-refractivity contribution in [2.24, 2.45) is 5.92 Å². The first-order valence-electron chi connectivity index (χ1n) is 7.39. The van der Waals surface area contributed by atoms with Crippen LogP contribution in [-0.4, -0.2) is 61.0 Å². The third-order valence-electron chi connectivity index (χ3n) is 4.28. The molecule has 2 fully saturated rings. The predicted octanol–water partition coefficient (Wildman–Crippen LogP) is 0.929. The number of nitrogens with one attached hydrogen (secondary N) is 1. The highest BCUT2D eigenvalue weighted by atomic mass is 16.2. The standard InChI is InChI=1S/C14H27N3O/c1-12-4-5-13(2)17(10-12)11-14(18)16-8-3-6-15-7-9-16/h12-13,15H,3-11H2,1-2H3. The second-order valence-corrected chi connectivity index (χ2v) is 5.95. The van der Waals surface area contributed by atoms with E-state index in [1.165, 1.54) is 12.8 Å². The maximum Gasteiger partial charge on any atom is 0.236 e. The summed E-state index contributed by atoms with van der Waals surface area (Å²) in [5, 5.41) is 3.34. The molecule has 0 aromatic heterocycles. The average Bonchev–Trinajstić information content (AvgIpc) is 2.62. The normalized spacial score (nSPS) is 31.1. The highest BCUT2D eigenvalue weighted by molar-refractivity contribution is 5.78. The van der Waals surface area contributed by atoms with Crippen molar-refractivity contribution < 1.29 is 4.79 Å². The molecule has 2 saturated heterocycles. The Morgan fingerprint density at radius 1 is 1.22 bits per heavy atom. The first-order valence-corrected chi connectivity index (χ1v) is 7.39. The van der Waals surface area contributed by atoms with Crippen molar-refractivity contribution in [3.63, 3.8) is 0 Å². The van der Waals surface area contributed by atoms with Crippen molar-refractivity contribution in [3.8, 4) is 0 Å². The van der Waals surface area contributed by atoms with Gasteiger partial charge in [-0.2, -0.15) is 0 Å². The molecule has 0 spiro atoms. The second kappa shape index (κ2) is 6.53. The minimum atomic E-state index is 0.319. The molecule has 18 heavy (non-hydrogen) atoms. The van der Waals surface area contributed by atoms with E-state index in [9.17, 15) is 4.79 Å². The summed E-state index contributed by atoms with van der Waals surface area (Å²) in [6.07, 6.45) is 3.62. The fraction of sp³-hybridized carbons (Fsp3) is 0.929. The van der Waals surface area contributed by atoms with Crippen LogP contribution in [0.2, 0.25) is 0 Å². The van der Waals surface area contributed by atoms with Crippen LogP contribution in [-0.2, 0) is 4.79 Å². The molecular formula is C14H27N3O. The lowest BCUT2D eigenvalue weighted by atomic mass is 9.95. The average molecular weight is 253 g/mol. The van der Waals surface area contributed by atoms with Gasteiger partial charge in [-0.1, -0.05) is 6.92 Å². The molecule has 0 aromatic rings. The van der Waals surface area contributed by atoms with Gasteiger partial charge in [0.15, 0.2) is 0 Å². The molecule has 2 aliphatic heterocycles. The summed E-state index contributed by atoms with van der Waals surface area (Å²) in [4.78, 5) is 16.7. The van der Waals surface area contributed by atoms with Gasteiger partial charge in [-0.15, -0.1) is 0 Å². The van der Waals surface area contributed by atoms with Gasteiger partial charge < -0.3 is 10.2 Å². The third-order valence-corrected chi connectivity index (χ3v) is 4.28. The first kappa shape index (κ1) is 13.8. The molecule has 104 valence electrons. The van der Waals surface area contributed by atoms with Gasteiger partial charge in [0.25, 0.3) is 0 Å². The van der Waals surface area contributed by atoms with E-state index in [4.69, 9.17) is 0 Å². The second-order valence-electron chi connectivity index (χ2n) is 5.95. The van der Waals surface area contributed by atoms with Crippen LogP contribution in [0, 0.1) is 5.92 Å². The van der Waals surface area contributed by atoms with Gasteiger partial charge in [0.05, 0.1) is 6.54 Å². The lowest BCUT2D eigenvalue weighted by Gasteiger charge is -2.37. The van der Waals surface area contributed by atoms with Crippen LogP contribution in [0.4, 0.5) is 0 Å². The number of hydrogen-bond acceptors (Lipinski definition) is 3. The Morgan fingerprint density at radius 2 is 2.06 bits per heavy atom. The van der Waals surface area contributed by atoms with Crippen LogP contribution >= 0.6 is 0 Å². The third kappa shape index (κ3) is 3.69. The van der Waals surface area contributed by atoms with Gasteiger partial charge in [-0.3, -0.25) is 9.69 Å². The molecule has 2 unspecified atom stereocenters. The molecule has 2 atom stereocenters. The molecule has 2 rings (SSSR count). The molecule has 0 aliphatic carbocycles. The number of nitrogens with zero attached hydrogens (tertiary/aromatic N) is 2. The number of hydrogen-bond donors (Lipinski definition) is 1. The van der Waals surface area contributed by atoms with Crippen LogP contribution in [0.3, 0.4) is 0 Å². The van der Waals surface area contributed by atoms with Crippen LogP contribution < -0.4 is 5.32 Å². The molecule has 0 saturated carbocycles. The Bertz CT molecular complexity index is 274. The zero-order valence-corrected chi connectivity index (χ0v) is 11.8. The lowest BCUT2D eigenvalue weighted by Crippen LogP contribution is -2.48. The molecule has 0 aromatic carbocycles. The zero-order chi connectivity index (χ0) is 13.0. The molecule has 2 aliphatic rings. The minimum Gasteiger partial charge on any atom is -0.340 e. The molecule has 4 heteroatoms. The van der Waals surface area contributed by atoms with Crippen molar-refractivity contribution in [1.29, 1.82) is 0 Å². The van der Waals surface area contributed by atoms with Crippen LogP contribution in [0.25, 0.3) is 0 Å². The summed E-state index contributed by atoms with van der Waals surface area (Å²) < 4.78 is 0. The summed E-state index contributed by atoms with van der Waals surface area (Å²) in [5.74, 6) is 1.06. The fourth-order valence-electron chi connectivity index (χ4n) is 2.97. The molecule has 2 heterocycles. The highest BCUT2D eigenvalue weighted by Crippen LogP contribution is 2.21. The van der Waals surface area contributed by atoms with Gasteiger partial charge in [0.2, 0.25) is 5.91 Å². The topological polar surface area (TPSA) is 35.6 Å². The van der Waals surface area contributed by atoms with E-state index in [0.29, 0.717) is 18.5 Å². The van der Waals surface area contributed by atoms with Crippen molar-refractivity contribution in [1.82, 2.24) is 15.1 Å². The summed E-state index contributed by atoms with van der Waals surface area (Å²) in [5.41, 5.74) is 0. The lowest BCUT2D eigenvalue weighted by molar-refractivity contribution is -0.133. The first-order chi connectivity index (χ1) is 8.66. The Hall–Kier alpha value is -0.610. The van der Waals surface area contributed by atoms with Crippen LogP contribution in [0.15, 0.2) is 0 Å². The number of carbonyl (C=O) groups is 1. The quantitative estimate of drug-likeness (QED) is 0.795. The maximum atomic E-state index is 12.3. The van der Waals surface area contributed by atoms with Gasteiger partial charge in [-0.25, -0.2) is 0 Å². The molecule has 0 bridgehead atoms. The van der Waals surface area contributed by atoms with Crippen LogP contribution in [0.5, 0.6) is 0 Å². The monoisotopic (exact) mass is 253 g/mol. The fourth-order valence-corrected chi connectivity index (χ4v) is 2.97. The van der Waals surface area contributed by atoms with Crippen molar-refractivity contribution in [3.05, 3.63) is 0 Å². The van der Waals surface area contributed by atoms with E-state index in [-0.39, 0.29) is 0 Å². The van der Waals surface area contributed by atoms with Crippen molar-refractivity contribution in [2.45, 2.75) is 39.2 Å². The summed E-state index contributed by atoms with van der Waals surface area (Å²) >= 11 is 0. The molecule has 1 N–H and O–H groups in total. The smallest absolute Gasteiger partial charge is 0.236 e.